The number of hydrogen-bond donors (Lipinski definition) is 4. The second-order valence-electron chi connectivity index (χ2n) is 8.19. The van der Waals surface area contributed by atoms with Gasteiger partial charge in [-0.1, -0.05) is 91.0 Å². The Bertz CT molecular complexity index is 1080. The first-order valence-corrected chi connectivity index (χ1v) is 11.0. The highest BCUT2D eigenvalue weighted by Crippen LogP contribution is 2.49. The zero-order valence-electron chi connectivity index (χ0n) is 18.2. The predicted molar refractivity (Wildman–Crippen MR) is 127 cm³/mol. The third-order valence-corrected chi connectivity index (χ3v) is 6.36. The van der Waals surface area contributed by atoms with Crippen molar-refractivity contribution in [2.24, 2.45) is 5.73 Å². The lowest BCUT2D eigenvalue weighted by molar-refractivity contribution is 0.0271. The molecule has 1 fully saturated rings. The number of nitrogens with one attached hydrogen (secondary N) is 2. The number of nitrogens with zero attached hydrogens (tertiary/aromatic N) is 1. The van der Waals surface area contributed by atoms with Crippen molar-refractivity contribution in [1.82, 2.24) is 15.5 Å². The molecule has 5 N–H and O–H groups in total. The summed E-state index contributed by atoms with van der Waals surface area (Å²) < 4.78 is 0. The van der Waals surface area contributed by atoms with Gasteiger partial charge in [-0.05, 0) is 16.7 Å². The summed E-state index contributed by atoms with van der Waals surface area (Å²) in [4.78, 5) is 26.4. The minimum atomic E-state index is -1.01. The number of rotatable bonds is 6. The van der Waals surface area contributed by atoms with Gasteiger partial charge in [0.25, 0.3) is 0 Å². The van der Waals surface area contributed by atoms with Gasteiger partial charge in [0.1, 0.15) is 0 Å². The lowest BCUT2D eigenvalue weighted by Crippen LogP contribution is -2.65. The molecular formula is C26H28N4O3. The Balaban J connectivity index is 2.03. The molecule has 7 heteroatoms. The van der Waals surface area contributed by atoms with E-state index < -0.39 is 29.6 Å². The van der Waals surface area contributed by atoms with Crippen LogP contribution in [0.5, 0.6) is 0 Å². The number of carbonyl (C=O) groups is 2. The number of carbonyl (C=O) groups excluding carboxylic acids is 1. The Labute approximate surface area is 193 Å². The van der Waals surface area contributed by atoms with Crippen molar-refractivity contribution in [3.8, 4) is 0 Å². The van der Waals surface area contributed by atoms with Gasteiger partial charge >= 0.3 is 12.1 Å². The van der Waals surface area contributed by atoms with Crippen LogP contribution in [0.4, 0.5) is 9.59 Å². The van der Waals surface area contributed by atoms with Crippen LogP contribution in [0, 0.1) is 0 Å². The van der Waals surface area contributed by atoms with Crippen molar-refractivity contribution >= 4 is 12.1 Å². The van der Waals surface area contributed by atoms with E-state index >= 15 is 0 Å². The molecular weight excluding hydrogens is 416 g/mol. The molecule has 1 aliphatic heterocycles. The van der Waals surface area contributed by atoms with E-state index in [-0.39, 0.29) is 0 Å². The van der Waals surface area contributed by atoms with Crippen LogP contribution in [0.2, 0.25) is 0 Å². The number of nitrogens with two attached hydrogens (primary N) is 1. The van der Waals surface area contributed by atoms with Gasteiger partial charge in [0.2, 0.25) is 0 Å². The molecule has 170 valence electrons. The molecule has 3 aromatic rings. The van der Waals surface area contributed by atoms with Gasteiger partial charge in [0.05, 0.1) is 11.6 Å². The third-order valence-electron chi connectivity index (χ3n) is 6.36. The fourth-order valence-corrected chi connectivity index (χ4v) is 5.05. The first kappa shape index (κ1) is 22.4. The lowest BCUT2D eigenvalue weighted by atomic mass is 9.67. The van der Waals surface area contributed by atoms with Gasteiger partial charge in [0.15, 0.2) is 0 Å². The molecule has 0 radical (unpaired) electrons. The van der Waals surface area contributed by atoms with Crippen LogP contribution in [0.1, 0.15) is 28.7 Å². The van der Waals surface area contributed by atoms with Gasteiger partial charge in [0, 0.05) is 25.6 Å². The summed E-state index contributed by atoms with van der Waals surface area (Å²) in [7, 11) is 0. The molecule has 1 heterocycles. The van der Waals surface area contributed by atoms with Crippen LogP contribution in [-0.4, -0.2) is 41.8 Å². The summed E-state index contributed by atoms with van der Waals surface area (Å²) >= 11 is 0. The molecule has 1 saturated heterocycles. The summed E-state index contributed by atoms with van der Waals surface area (Å²) in [6, 6.07) is 27.7. The molecule has 0 spiro atoms. The number of piperazine rings is 1. The molecule has 1 aliphatic rings. The van der Waals surface area contributed by atoms with Crippen molar-refractivity contribution in [2.45, 2.75) is 17.5 Å². The molecule has 3 amide bonds. The van der Waals surface area contributed by atoms with Gasteiger partial charge in [-0.2, -0.15) is 0 Å². The maximum atomic E-state index is 12.6. The second kappa shape index (κ2) is 9.75. The summed E-state index contributed by atoms with van der Waals surface area (Å²) in [5.41, 5.74) is 7.25. The number of hydrogen-bond acceptors (Lipinski definition) is 3. The molecule has 0 saturated carbocycles. The normalized spacial score (nSPS) is 19.9. The van der Waals surface area contributed by atoms with E-state index in [2.05, 4.69) is 10.6 Å². The van der Waals surface area contributed by atoms with E-state index in [9.17, 15) is 14.7 Å². The first-order chi connectivity index (χ1) is 16.0. The molecule has 3 atom stereocenters. The van der Waals surface area contributed by atoms with Crippen LogP contribution in [0.15, 0.2) is 91.0 Å². The molecule has 0 aromatic heterocycles. The number of primary amides is 1. The maximum absolute atomic E-state index is 12.6. The van der Waals surface area contributed by atoms with Crippen molar-refractivity contribution in [3.63, 3.8) is 0 Å². The van der Waals surface area contributed by atoms with Crippen molar-refractivity contribution < 1.29 is 14.7 Å². The predicted octanol–water partition coefficient (Wildman–Crippen LogP) is 3.66. The van der Waals surface area contributed by atoms with E-state index in [1.54, 1.807) is 0 Å². The lowest BCUT2D eigenvalue weighted by Gasteiger charge is -2.53. The molecule has 3 unspecified atom stereocenters. The maximum Gasteiger partial charge on any atom is 0.408 e. The summed E-state index contributed by atoms with van der Waals surface area (Å²) in [5.74, 6) is -0.472. The number of carboxylic acid groups (broad SMARTS) is 1. The van der Waals surface area contributed by atoms with E-state index in [1.165, 1.54) is 4.90 Å². The minimum absolute atomic E-state index is 0.311. The smallest absolute Gasteiger partial charge is 0.408 e. The minimum Gasteiger partial charge on any atom is -0.465 e. The Morgan fingerprint density at radius 2 is 1.45 bits per heavy atom. The molecule has 3 aromatic carbocycles. The SMILES string of the molecule is NC(=O)NC(c1ccccc1)C(c1ccccc1)C1(c2ccccc2)CNCCN1C(=O)O. The van der Waals surface area contributed by atoms with Crippen molar-refractivity contribution in [2.75, 3.05) is 19.6 Å². The molecule has 0 aliphatic carbocycles. The Kier molecular flexibility index (Phi) is 6.60. The average molecular weight is 445 g/mol. The highest BCUT2D eigenvalue weighted by molar-refractivity contribution is 5.73. The topological polar surface area (TPSA) is 108 Å². The number of urea groups is 1. The fourth-order valence-electron chi connectivity index (χ4n) is 5.05. The first-order valence-electron chi connectivity index (χ1n) is 11.0. The van der Waals surface area contributed by atoms with Crippen LogP contribution in [0.3, 0.4) is 0 Å². The summed E-state index contributed by atoms with van der Waals surface area (Å²) in [5, 5.41) is 16.7. The monoisotopic (exact) mass is 444 g/mol. The van der Waals surface area contributed by atoms with E-state index in [1.807, 2.05) is 91.0 Å². The summed E-state index contributed by atoms with van der Waals surface area (Å²) in [6.45, 7) is 1.24. The highest BCUT2D eigenvalue weighted by Gasteiger charge is 2.53. The number of amides is 3. The van der Waals surface area contributed by atoms with Crippen LogP contribution >= 0.6 is 0 Å². The Hall–Kier alpha value is -3.84. The number of benzene rings is 3. The zero-order chi connectivity index (χ0) is 23.3. The Morgan fingerprint density at radius 1 is 0.909 bits per heavy atom. The van der Waals surface area contributed by atoms with Gasteiger partial charge in [-0.15, -0.1) is 0 Å². The summed E-state index contributed by atoms with van der Waals surface area (Å²) in [6.07, 6.45) is -1.01. The van der Waals surface area contributed by atoms with E-state index in [4.69, 9.17) is 5.73 Å². The molecule has 4 rings (SSSR count). The van der Waals surface area contributed by atoms with Gasteiger partial charge in [-0.25, -0.2) is 9.59 Å². The van der Waals surface area contributed by atoms with Gasteiger partial charge in [-0.3, -0.25) is 4.90 Å². The van der Waals surface area contributed by atoms with E-state index in [0.29, 0.717) is 19.6 Å². The quantitative estimate of drug-likeness (QED) is 0.465. The van der Waals surface area contributed by atoms with Crippen LogP contribution in [-0.2, 0) is 5.54 Å². The highest BCUT2D eigenvalue weighted by atomic mass is 16.4. The largest absolute Gasteiger partial charge is 0.465 e. The van der Waals surface area contributed by atoms with E-state index in [0.717, 1.165) is 16.7 Å². The van der Waals surface area contributed by atoms with Crippen LogP contribution < -0.4 is 16.4 Å². The van der Waals surface area contributed by atoms with Crippen molar-refractivity contribution in [1.29, 1.82) is 0 Å². The van der Waals surface area contributed by atoms with Gasteiger partial charge < -0.3 is 21.5 Å². The molecule has 0 bridgehead atoms. The second-order valence-corrected chi connectivity index (χ2v) is 8.19. The average Bonchev–Trinajstić information content (AvgIpc) is 2.85. The fraction of sp³-hybridized carbons (Fsp3) is 0.231. The molecule has 7 nitrogen and oxygen atoms in total. The third kappa shape index (κ3) is 4.40. The standard InChI is InChI=1S/C26H28N4O3/c27-24(31)29-23(20-12-6-2-7-13-20)22(19-10-4-1-5-11-19)26(21-14-8-3-9-15-21)18-28-16-17-30(26)25(32)33/h1-15,22-23,28H,16-18H2,(H,32,33)(H3,27,29,31). The molecule has 33 heavy (non-hydrogen) atoms. The van der Waals surface area contributed by atoms with Crippen molar-refractivity contribution in [3.05, 3.63) is 108 Å². The Morgan fingerprint density at radius 3 is 2.00 bits per heavy atom. The van der Waals surface area contributed by atoms with Crippen LogP contribution in [0.25, 0.3) is 0 Å². The zero-order valence-corrected chi connectivity index (χ0v) is 18.2.